The van der Waals surface area contributed by atoms with Crippen LogP contribution < -0.4 is 0 Å². The first kappa shape index (κ1) is 3.95. The lowest BCUT2D eigenvalue weighted by atomic mass is 10.7. The lowest BCUT2D eigenvalue weighted by Gasteiger charge is -1.69. The van der Waals surface area contributed by atoms with Gasteiger partial charge in [0, 0.05) is 0 Å². The molecule has 1 heteroatoms. The van der Waals surface area contributed by atoms with E-state index in [0.717, 1.165) is 0 Å². The average Bonchev–Trinajstić information content (AvgIpc) is 1.86. The largest absolute Gasteiger partial charge is 0.128 e. The highest BCUT2D eigenvalue weighted by atomic mass is 31.1. The standard InChI is InChI=1S/C5H7P/c1-6-4-2-3-5-6/h2-5H,1H3. The molecule has 6 heavy (non-hydrogen) atoms. The lowest BCUT2D eigenvalue weighted by Crippen LogP contribution is -1.25. The van der Waals surface area contributed by atoms with Crippen LogP contribution in [0.2, 0.25) is 0 Å². The van der Waals surface area contributed by atoms with E-state index in [-0.39, 0.29) is 7.53 Å². The van der Waals surface area contributed by atoms with Gasteiger partial charge in [-0.25, -0.2) is 0 Å². The van der Waals surface area contributed by atoms with Crippen molar-refractivity contribution in [1.82, 2.24) is 0 Å². The molecule has 0 bridgehead atoms. The van der Waals surface area contributed by atoms with Gasteiger partial charge in [0.2, 0.25) is 0 Å². The molecule has 0 saturated heterocycles. The highest BCUT2D eigenvalue weighted by molar-refractivity contribution is 7.46. The molecule has 0 amide bonds. The molecule has 1 rings (SSSR count). The van der Waals surface area contributed by atoms with Crippen molar-refractivity contribution in [2.24, 2.45) is 6.66 Å². The Balaban J connectivity index is 3.05. The maximum atomic E-state index is 2.23. The molecule has 1 aromatic heterocycles. The summed E-state index contributed by atoms with van der Waals surface area (Å²) in [6.45, 7) is 2.23. The van der Waals surface area contributed by atoms with Crippen LogP contribution >= 0.6 is 7.53 Å². The predicted octanol–water partition coefficient (Wildman–Crippen LogP) is 2.21. The van der Waals surface area contributed by atoms with Crippen molar-refractivity contribution < 1.29 is 0 Å². The third-order valence-corrected chi connectivity index (χ3v) is 2.04. The Hall–Kier alpha value is -0.220. The molecule has 0 aliphatic heterocycles. The minimum atomic E-state index is 0.174. The molecule has 0 unspecified atom stereocenters. The van der Waals surface area contributed by atoms with Crippen molar-refractivity contribution in [3.8, 4) is 0 Å². The van der Waals surface area contributed by atoms with E-state index in [1.165, 1.54) is 0 Å². The van der Waals surface area contributed by atoms with Gasteiger partial charge in [0.25, 0.3) is 0 Å². The molecule has 0 nitrogen and oxygen atoms in total. The van der Waals surface area contributed by atoms with Crippen LogP contribution in [0.15, 0.2) is 23.7 Å². The summed E-state index contributed by atoms with van der Waals surface area (Å²) in [6.07, 6.45) is 0. The van der Waals surface area contributed by atoms with Gasteiger partial charge in [0.15, 0.2) is 0 Å². The quantitative estimate of drug-likeness (QED) is 0.466. The van der Waals surface area contributed by atoms with Gasteiger partial charge in [-0.15, -0.1) is 7.53 Å². The molecular formula is C5H7P. The zero-order valence-electron chi connectivity index (χ0n) is 3.76. The third kappa shape index (κ3) is 0.636. The summed E-state index contributed by atoms with van der Waals surface area (Å²) in [4.78, 5) is 0. The van der Waals surface area contributed by atoms with Gasteiger partial charge < -0.3 is 0 Å². The number of aryl methyl sites for hydroxylation is 1. The zero-order chi connectivity index (χ0) is 4.41. The third-order valence-electron chi connectivity index (χ3n) is 0.754. The van der Waals surface area contributed by atoms with E-state index in [0.29, 0.717) is 0 Å². The molecule has 0 spiro atoms. The van der Waals surface area contributed by atoms with Crippen molar-refractivity contribution >= 4 is 7.53 Å². The fourth-order valence-corrected chi connectivity index (χ4v) is 1.26. The summed E-state index contributed by atoms with van der Waals surface area (Å²) in [7, 11) is 0.174. The summed E-state index contributed by atoms with van der Waals surface area (Å²) in [5, 5.41) is 0. The van der Waals surface area contributed by atoms with E-state index in [9.17, 15) is 0 Å². The van der Waals surface area contributed by atoms with Gasteiger partial charge in [-0.3, -0.25) is 0 Å². The molecule has 0 N–H and O–H groups in total. The first-order valence-corrected chi connectivity index (χ1v) is 3.89. The van der Waals surface area contributed by atoms with Crippen LogP contribution in [0.1, 0.15) is 0 Å². The second-order valence-electron chi connectivity index (χ2n) is 1.35. The van der Waals surface area contributed by atoms with E-state index in [1.54, 1.807) is 0 Å². The predicted molar refractivity (Wildman–Crippen MR) is 30.1 cm³/mol. The van der Waals surface area contributed by atoms with Crippen LogP contribution in [-0.2, 0) is 6.66 Å². The second-order valence-corrected chi connectivity index (χ2v) is 3.28. The van der Waals surface area contributed by atoms with Crippen LogP contribution in [0.3, 0.4) is 0 Å². The monoisotopic (exact) mass is 98.0 g/mol. The Bertz CT molecular complexity index is 107. The SMILES string of the molecule is Cp1cccc1. The van der Waals surface area contributed by atoms with Gasteiger partial charge in [-0.05, 0) is 18.3 Å². The maximum Gasteiger partial charge on any atom is -0.0258 e. The molecule has 1 aromatic rings. The molecule has 32 valence electrons. The molecule has 0 aromatic carbocycles. The second kappa shape index (κ2) is 1.49. The highest BCUT2D eigenvalue weighted by Crippen LogP contribution is 2.19. The molecule has 0 aliphatic carbocycles. The van der Waals surface area contributed by atoms with Gasteiger partial charge in [0.05, 0.1) is 0 Å². The minimum absolute atomic E-state index is 0.174. The molecule has 0 aliphatic rings. The normalized spacial score (nSPS) is 8.83. The summed E-state index contributed by atoms with van der Waals surface area (Å²) < 4.78 is 0. The summed E-state index contributed by atoms with van der Waals surface area (Å²) in [5.74, 6) is 4.46. The molecular weight excluding hydrogens is 91.0 g/mol. The van der Waals surface area contributed by atoms with Gasteiger partial charge in [-0.2, -0.15) is 0 Å². The number of rotatable bonds is 0. The van der Waals surface area contributed by atoms with E-state index < -0.39 is 0 Å². The molecule has 0 radical (unpaired) electrons. The lowest BCUT2D eigenvalue weighted by molar-refractivity contribution is 2.03. The van der Waals surface area contributed by atoms with Crippen LogP contribution in [0.25, 0.3) is 0 Å². The Labute approximate surface area is 38.9 Å². The summed E-state index contributed by atoms with van der Waals surface area (Å²) in [5.41, 5.74) is 0. The summed E-state index contributed by atoms with van der Waals surface area (Å²) >= 11 is 0. The van der Waals surface area contributed by atoms with Crippen molar-refractivity contribution in [2.75, 3.05) is 0 Å². The number of hydrogen-bond donors (Lipinski definition) is 0. The molecule has 0 fully saturated rings. The first-order valence-electron chi connectivity index (χ1n) is 1.96. The van der Waals surface area contributed by atoms with Crippen LogP contribution in [-0.4, -0.2) is 0 Å². The maximum absolute atomic E-state index is 2.23. The zero-order valence-corrected chi connectivity index (χ0v) is 4.65. The highest BCUT2D eigenvalue weighted by Gasteiger charge is 1.71. The van der Waals surface area contributed by atoms with Gasteiger partial charge >= 0.3 is 0 Å². The minimum Gasteiger partial charge on any atom is -0.128 e. The summed E-state index contributed by atoms with van der Waals surface area (Å²) in [6, 6.07) is 4.21. The number of hydrogen-bond acceptors (Lipinski definition) is 0. The Kier molecular flexibility index (Phi) is 0.979. The van der Waals surface area contributed by atoms with Crippen LogP contribution in [0.4, 0.5) is 0 Å². The van der Waals surface area contributed by atoms with Crippen LogP contribution in [0, 0.1) is 0 Å². The fraction of sp³-hybridized carbons (Fsp3) is 0.200. The van der Waals surface area contributed by atoms with E-state index in [4.69, 9.17) is 0 Å². The molecule has 0 atom stereocenters. The smallest absolute Gasteiger partial charge is 0.0258 e. The van der Waals surface area contributed by atoms with E-state index >= 15 is 0 Å². The van der Waals surface area contributed by atoms with E-state index in [2.05, 4.69) is 30.4 Å². The van der Waals surface area contributed by atoms with Crippen molar-refractivity contribution in [3.05, 3.63) is 23.7 Å². The average molecular weight is 98.1 g/mol. The van der Waals surface area contributed by atoms with E-state index in [1.807, 2.05) is 0 Å². The first-order chi connectivity index (χ1) is 2.89. The topological polar surface area (TPSA) is 0 Å². The molecule has 1 heterocycles. The van der Waals surface area contributed by atoms with Crippen molar-refractivity contribution in [1.29, 1.82) is 0 Å². The van der Waals surface area contributed by atoms with Crippen molar-refractivity contribution in [2.45, 2.75) is 0 Å². The fourth-order valence-electron chi connectivity index (χ4n) is 0.421. The van der Waals surface area contributed by atoms with Crippen LogP contribution in [0.5, 0.6) is 0 Å². The van der Waals surface area contributed by atoms with Gasteiger partial charge in [0.1, 0.15) is 0 Å². The Morgan fingerprint density at radius 2 is 1.67 bits per heavy atom. The van der Waals surface area contributed by atoms with Crippen molar-refractivity contribution in [3.63, 3.8) is 0 Å². The Morgan fingerprint density at radius 1 is 1.17 bits per heavy atom. The Morgan fingerprint density at radius 3 is 1.83 bits per heavy atom. The molecule has 0 saturated carbocycles. The van der Waals surface area contributed by atoms with Gasteiger partial charge in [-0.1, -0.05) is 12.1 Å².